The third-order valence-electron chi connectivity index (χ3n) is 2.86. The molecule has 0 bridgehead atoms. The molecule has 9 heteroatoms. The van der Waals surface area contributed by atoms with E-state index in [0.717, 1.165) is 18.4 Å². The molecule has 131 valence electrons. The van der Waals surface area contributed by atoms with E-state index in [-0.39, 0.29) is 41.2 Å². The fourth-order valence-electron chi connectivity index (χ4n) is 1.84. The first kappa shape index (κ1) is 18.0. The van der Waals surface area contributed by atoms with Crippen LogP contribution in [0.3, 0.4) is 0 Å². The zero-order valence-corrected chi connectivity index (χ0v) is 13.3. The van der Waals surface area contributed by atoms with Crippen molar-refractivity contribution in [1.29, 1.82) is 0 Å². The Morgan fingerprint density at radius 1 is 1.04 bits per heavy atom. The minimum Gasteiger partial charge on any atom is -0.463 e. The van der Waals surface area contributed by atoms with Crippen LogP contribution >= 0.6 is 0 Å². The van der Waals surface area contributed by atoms with E-state index in [0.29, 0.717) is 0 Å². The average molecular weight is 349 g/mol. The van der Waals surface area contributed by atoms with Crippen LogP contribution in [-0.4, -0.2) is 31.8 Å². The average Bonchev–Trinajstić information content (AvgIpc) is 2.57. The Kier molecular flexibility index (Phi) is 5.72. The Labute approximate surface area is 141 Å². The predicted molar refractivity (Wildman–Crippen MR) is 82.6 cm³/mol. The fourth-order valence-corrected chi connectivity index (χ4v) is 1.84. The Bertz CT molecular complexity index is 866. The fraction of sp³-hybridized carbons (Fsp3) is 0.250. The monoisotopic (exact) mass is 349 g/mol. The van der Waals surface area contributed by atoms with Gasteiger partial charge in [-0.2, -0.15) is 0 Å². The topological polar surface area (TPSA) is 118 Å². The van der Waals surface area contributed by atoms with Gasteiger partial charge < -0.3 is 23.4 Å². The molecule has 1 aromatic heterocycles. The molecule has 0 N–H and O–H groups in total. The van der Waals surface area contributed by atoms with E-state index in [9.17, 15) is 19.2 Å². The van der Waals surface area contributed by atoms with Crippen molar-refractivity contribution in [1.82, 2.24) is 0 Å². The van der Waals surface area contributed by atoms with Crippen molar-refractivity contribution in [2.45, 2.75) is 13.8 Å². The van der Waals surface area contributed by atoms with Crippen molar-refractivity contribution in [3.63, 3.8) is 0 Å². The number of hydrogen-bond acceptors (Lipinski definition) is 9. The third-order valence-corrected chi connectivity index (χ3v) is 2.86. The molecule has 0 saturated heterocycles. The molecule has 9 nitrogen and oxygen atoms in total. The highest BCUT2D eigenvalue weighted by atomic mass is 16.7. The van der Waals surface area contributed by atoms with Crippen molar-refractivity contribution < 1.29 is 37.7 Å². The molecule has 2 aromatic rings. The number of carbonyl (C=O) groups excluding carboxylic acids is 3. The standard InChI is InChI=1S/C16H13O9/c1-3-21-15(19)24-12-5-10-11(23-8-9(7-17)14(10)18)6-13(12)25-16(20)22-4-2/h5-6,8H,3-4H2,1-2H3. The van der Waals surface area contributed by atoms with Gasteiger partial charge in [0.25, 0.3) is 0 Å². The third kappa shape index (κ3) is 4.14. The summed E-state index contributed by atoms with van der Waals surface area (Å²) in [5.41, 5.74) is -1.03. The number of fused-ring (bicyclic) bond motifs is 1. The van der Waals surface area contributed by atoms with Crippen LogP contribution in [0.15, 0.2) is 27.6 Å². The van der Waals surface area contributed by atoms with Crippen LogP contribution < -0.4 is 14.9 Å². The second kappa shape index (κ2) is 7.95. The van der Waals surface area contributed by atoms with E-state index in [4.69, 9.17) is 13.9 Å². The molecular formula is C16H13O9. The van der Waals surface area contributed by atoms with Crippen molar-refractivity contribution in [2.24, 2.45) is 0 Å². The lowest BCUT2D eigenvalue weighted by molar-refractivity contribution is 0.0940. The number of carbonyl (C=O) groups is 2. The van der Waals surface area contributed by atoms with Crippen LogP contribution in [0.5, 0.6) is 11.5 Å². The maximum Gasteiger partial charge on any atom is 0.513 e. The SMILES string of the molecule is CCOC(=O)Oc1cc2occ([C]=O)c(=O)c2cc1OC(=O)OCC. The van der Waals surface area contributed by atoms with E-state index >= 15 is 0 Å². The molecule has 1 heterocycles. The van der Waals surface area contributed by atoms with Crippen LogP contribution in [0.2, 0.25) is 0 Å². The summed E-state index contributed by atoms with van der Waals surface area (Å²) in [4.78, 5) is 45.9. The number of hydrogen-bond donors (Lipinski definition) is 0. The van der Waals surface area contributed by atoms with Gasteiger partial charge in [-0.05, 0) is 19.9 Å². The van der Waals surface area contributed by atoms with Gasteiger partial charge in [-0.25, -0.2) is 9.59 Å². The Morgan fingerprint density at radius 2 is 1.60 bits per heavy atom. The van der Waals surface area contributed by atoms with Gasteiger partial charge in [0, 0.05) is 6.07 Å². The largest absolute Gasteiger partial charge is 0.513 e. The molecule has 0 spiro atoms. The molecule has 0 saturated carbocycles. The van der Waals surface area contributed by atoms with E-state index < -0.39 is 17.7 Å². The molecule has 1 radical (unpaired) electrons. The van der Waals surface area contributed by atoms with E-state index in [1.807, 2.05) is 0 Å². The molecule has 1 aromatic carbocycles. The number of rotatable bonds is 5. The lowest BCUT2D eigenvalue weighted by Crippen LogP contribution is -2.15. The Balaban J connectivity index is 2.55. The van der Waals surface area contributed by atoms with E-state index in [2.05, 4.69) is 9.47 Å². The predicted octanol–water partition coefficient (Wildman–Crippen LogP) is 2.32. The second-order valence-corrected chi connectivity index (χ2v) is 4.45. The van der Waals surface area contributed by atoms with Crippen LogP contribution in [-0.2, 0) is 14.3 Å². The molecule has 2 rings (SSSR count). The maximum absolute atomic E-state index is 12.1. The van der Waals surface area contributed by atoms with Gasteiger partial charge in [0.05, 0.1) is 18.6 Å². The first-order valence-corrected chi connectivity index (χ1v) is 7.17. The highest BCUT2D eigenvalue weighted by Crippen LogP contribution is 2.32. The Hall–Kier alpha value is -3.36. The van der Waals surface area contributed by atoms with Crippen LogP contribution in [0.25, 0.3) is 11.0 Å². The summed E-state index contributed by atoms with van der Waals surface area (Å²) in [5.74, 6) is -0.515. The van der Waals surface area contributed by atoms with Crippen molar-refractivity contribution in [3.8, 4) is 11.5 Å². The molecule has 0 unspecified atom stereocenters. The summed E-state index contributed by atoms with van der Waals surface area (Å²) < 4.78 is 24.3. The van der Waals surface area contributed by atoms with Gasteiger partial charge >= 0.3 is 12.3 Å². The summed E-state index contributed by atoms with van der Waals surface area (Å²) in [6.07, 6.45) is 0.235. The molecule has 0 aliphatic carbocycles. The number of ether oxygens (including phenoxy) is 4. The first-order valence-electron chi connectivity index (χ1n) is 7.17. The van der Waals surface area contributed by atoms with E-state index in [1.165, 1.54) is 6.29 Å². The van der Waals surface area contributed by atoms with Gasteiger partial charge in [-0.3, -0.25) is 9.59 Å². The zero-order valence-electron chi connectivity index (χ0n) is 13.3. The smallest absolute Gasteiger partial charge is 0.463 e. The van der Waals surface area contributed by atoms with Gasteiger partial charge in [-0.1, -0.05) is 0 Å². The molecule has 0 amide bonds. The Morgan fingerprint density at radius 3 is 2.12 bits per heavy atom. The van der Waals surface area contributed by atoms with Crippen LogP contribution in [0, 0.1) is 0 Å². The van der Waals surface area contributed by atoms with E-state index in [1.54, 1.807) is 13.8 Å². The van der Waals surface area contributed by atoms with Crippen LogP contribution in [0.4, 0.5) is 9.59 Å². The minimum absolute atomic E-state index is 0.000456. The van der Waals surface area contributed by atoms with Crippen molar-refractivity contribution in [3.05, 3.63) is 34.2 Å². The molecule has 0 atom stereocenters. The molecular weight excluding hydrogens is 336 g/mol. The highest BCUT2D eigenvalue weighted by molar-refractivity contribution is 5.87. The minimum atomic E-state index is -1.07. The summed E-state index contributed by atoms with van der Waals surface area (Å²) in [5, 5.41) is -0.0728. The first-order chi connectivity index (χ1) is 12.0. The van der Waals surface area contributed by atoms with Gasteiger partial charge in [-0.15, -0.1) is 0 Å². The molecule has 25 heavy (non-hydrogen) atoms. The van der Waals surface area contributed by atoms with Gasteiger partial charge in [0.1, 0.15) is 17.4 Å². The summed E-state index contributed by atoms with van der Waals surface area (Å²) in [7, 11) is 0. The molecule has 0 fully saturated rings. The van der Waals surface area contributed by atoms with Gasteiger partial charge in [0.2, 0.25) is 11.7 Å². The maximum atomic E-state index is 12.1. The summed E-state index contributed by atoms with van der Waals surface area (Å²) in [6.45, 7) is 3.26. The van der Waals surface area contributed by atoms with Crippen LogP contribution in [0.1, 0.15) is 19.4 Å². The zero-order chi connectivity index (χ0) is 18.4. The van der Waals surface area contributed by atoms with Crippen molar-refractivity contribution in [2.75, 3.05) is 13.2 Å². The number of benzene rings is 1. The normalized spacial score (nSPS) is 10.2. The quantitative estimate of drug-likeness (QED) is 0.591. The highest BCUT2D eigenvalue weighted by Gasteiger charge is 2.19. The van der Waals surface area contributed by atoms with Gasteiger partial charge in [0.15, 0.2) is 11.5 Å². The summed E-state index contributed by atoms with van der Waals surface area (Å²) >= 11 is 0. The van der Waals surface area contributed by atoms with Crippen molar-refractivity contribution >= 4 is 29.6 Å². The second-order valence-electron chi connectivity index (χ2n) is 4.45. The lowest BCUT2D eigenvalue weighted by Gasteiger charge is -2.11. The molecule has 0 aliphatic heterocycles. The molecule has 0 aliphatic rings. The lowest BCUT2D eigenvalue weighted by atomic mass is 10.1. The summed E-state index contributed by atoms with van der Waals surface area (Å²) in [6, 6.07) is 2.24.